The van der Waals surface area contributed by atoms with E-state index < -0.39 is 0 Å². The first-order valence-electron chi connectivity index (χ1n) is 8.75. The molecule has 0 aromatic rings. The van der Waals surface area contributed by atoms with Crippen molar-refractivity contribution in [2.75, 3.05) is 0 Å². The third kappa shape index (κ3) is 2.62. The monoisotopic (exact) mass is 262 g/mol. The van der Waals surface area contributed by atoms with E-state index in [1.165, 1.54) is 64.2 Å². The highest BCUT2D eigenvalue weighted by Crippen LogP contribution is 2.60. The van der Waals surface area contributed by atoms with Gasteiger partial charge in [0.2, 0.25) is 0 Å². The summed E-state index contributed by atoms with van der Waals surface area (Å²) in [5, 5.41) is 0. The highest BCUT2D eigenvalue weighted by molar-refractivity contribution is 5.80. The van der Waals surface area contributed by atoms with Gasteiger partial charge in [0.1, 0.15) is 5.78 Å². The third-order valence-electron chi connectivity index (χ3n) is 6.58. The molecule has 1 heteroatoms. The van der Waals surface area contributed by atoms with Crippen molar-refractivity contribution in [1.82, 2.24) is 0 Å². The van der Waals surface area contributed by atoms with Crippen LogP contribution in [0.4, 0.5) is 0 Å². The highest BCUT2D eigenvalue weighted by Gasteiger charge is 2.51. The van der Waals surface area contributed by atoms with Crippen LogP contribution in [0.15, 0.2) is 0 Å². The van der Waals surface area contributed by atoms with E-state index in [9.17, 15) is 4.79 Å². The minimum Gasteiger partial charge on any atom is -0.300 e. The molecule has 0 bridgehead atoms. The van der Waals surface area contributed by atoms with Gasteiger partial charge in [0.25, 0.3) is 0 Å². The van der Waals surface area contributed by atoms with Crippen LogP contribution in [-0.2, 0) is 4.79 Å². The first-order valence-corrected chi connectivity index (χ1v) is 8.75. The summed E-state index contributed by atoms with van der Waals surface area (Å²) in [5.74, 6) is 3.47. The number of hydrogen-bond donors (Lipinski definition) is 0. The zero-order valence-corrected chi connectivity index (χ0v) is 12.6. The molecule has 0 aromatic carbocycles. The van der Waals surface area contributed by atoms with Crippen LogP contribution in [0.5, 0.6) is 0 Å². The second-order valence-electron chi connectivity index (χ2n) is 7.65. The molecule has 2 unspecified atom stereocenters. The van der Waals surface area contributed by atoms with Gasteiger partial charge in [-0.25, -0.2) is 0 Å². The smallest absolute Gasteiger partial charge is 0.133 e. The predicted molar refractivity (Wildman–Crippen MR) is 79.0 cm³/mol. The molecule has 1 spiro atoms. The second-order valence-corrected chi connectivity index (χ2v) is 7.65. The van der Waals surface area contributed by atoms with Crippen LogP contribution in [-0.4, -0.2) is 5.78 Å². The summed E-state index contributed by atoms with van der Waals surface area (Å²) in [7, 11) is 0. The molecule has 3 saturated carbocycles. The fourth-order valence-corrected chi connectivity index (χ4v) is 5.48. The van der Waals surface area contributed by atoms with Crippen LogP contribution in [0.25, 0.3) is 0 Å². The number of hydrogen-bond acceptors (Lipinski definition) is 1. The Morgan fingerprint density at radius 2 is 1.89 bits per heavy atom. The molecule has 0 amide bonds. The third-order valence-corrected chi connectivity index (χ3v) is 6.58. The lowest BCUT2D eigenvalue weighted by molar-refractivity contribution is -0.133. The van der Waals surface area contributed by atoms with E-state index in [1.807, 2.05) is 0 Å². The quantitative estimate of drug-likeness (QED) is 0.689. The highest BCUT2D eigenvalue weighted by atomic mass is 16.1. The molecule has 3 fully saturated rings. The molecule has 3 aliphatic rings. The molecule has 0 N–H and O–H groups in total. The number of Topliss-reactive ketones (excluding diaryl/α,β-unsaturated/α-hetero) is 1. The lowest BCUT2D eigenvalue weighted by atomic mass is 9.49. The van der Waals surface area contributed by atoms with E-state index >= 15 is 0 Å². The zero-order chi connectivity index (χ0) is 13.3. The van der Waals surface area contributed by atoms with Gasteiger partial charge in [-0.05, 0) is 61.7 Å². The van der Waals surface area contributed by atoms with Crippen molar-refractivity contribution in [1.29, 1.82) is 0 Å². The molecule has 0 heterocycles. The maximum atomic E-state index is 11.8. The molecular weight excluding hydrogens is 232 g/mol. The summed E-state index contributed by atoms with van der Waals surface area (Å²) in [4.78, 5) is 11.8. The summed E-state index contributed by atoms with van der Waals surface area (Å²) in [6, 6.07) is 0. The fourth-order valence-electron chi connectivity index (χ4n) is 5.48. The Labute approximate surface area is 118 Å². The van der Waals surface area contributed by atoms with Crippen LogP contribution < -0.4 is 0 Å². The SMILES string of the molecule is CCCC1CCC(C2CCC23CCCC(=O)C3)CC1. The fraction of sp³-hybridized carbons (Fsp3) is 0.944. The van der Waals surface area contributed by atoms with Gasteiger partial charge in [-0.1, -0.05) is 32.6 Å². The lowest BCUT2D eigenvalue weighted by Crippen LogP contribution is -2.48. The normalized spacial score (nSPS) is 43.2. The van der Waals surface area contributed by atoms with E-state index in [4.69, 9.17) is 0 Å². The van der Waals surface area contributed by atoms with Crippen LogP contribution in [0.1, 0.15) is 84.0 Å². The summed E-state index contributed by atoms with van der Waals surface area (Å²) in [6.07, 6.45) is 15.8. The summed E-state index contributed by atoms with van der Waals surface area (Å²) in [6.45, 7) is 2.32. The van der Waals surface area contributed by atoms with Crippen molar-refractivity contribution in [2.45, 2.75) is 84.0 Å². The Hall–Kier alpha value is -0.330. The van der Waals surface area contributed by atoms with Gasteiger partial charge in [-0.2, -0.15) is 0 Å². The average molecular weight is 262 g/mol. The van der Waals surface area contributed by atoms with Crippen LogP contribution in [0.2, 0.25) is 0 Å². The molecule has 0 radical (unpaired) electrons. The second kappa shape index (κ2) is 5.58. The number of carbonyl (C=O) groups is 1. The molecule has 0 saturated heterocycles. The van der Waals surface area contributed by atoms with Gasteiger partial charge < -0.3 is 0 Å². The minimum atomic E-state index is 0.484. The van der Waals surface area contributed by atoms with Gasteiger partial charge >= 0.3 is 0 Å². The van der Waals surface area contributed by atoms with Crippen molar-refractivity contribution < 1.29 is 4.79 Å². The van der Waals surface area contributed by atoms with E-state index in [2.05, 4.69) is 6.92 Å². The Bertz CT molecular complexity index is 327. The largest absolute Gasteiger partial charge is 0.300 e. The average Bonchev–Trinajstić information content (AvgIpc) is 2.40. The first kappa shape index (κ1) is 13.6. The van der Waals surface area contributed by atoms with E-state index in [-0.39, 0.29) is 0 Å². The topological polar surface area (TPSA) is 17.1 Å². The molecule has 108 valence electrons. The van der Waals surface area contributed by atoms with Gasteiger partial charge in [0.05, 0.1) is 0 Å². The summed E-state index contributed by atoms with van der Waals surface area (Å²) >= 11 is 0. The molecule has 0 aliphatic heterocycles. The van der Waals surface area contributed by atoms with Crippen molar-refractivity contribution in [2.24, 2.45) is 23.2 Å². The standard InChI is InChI=1S/C18H30O/c1-2-4-14-6-8-15(9-7-14)17-10-12-18(17)11-3-5-16(19)13-18/h14-15,17H,2-13H2,1H3. The lowest BCUT2D eigenvalue weighted by Gasteiger charge is -2.56. The molecule has 3 aliphatic carbocycles. The van der Waals surface area contributed by atoms with E-state index in [0.29, 0.717) is 11.2 Å². The van der Waals surface area contributed by atoms with Crippen LogP contribution in [0, 0.1) is 23.2 Å². The molecule has 3 rings (SSSR count). The van der Waals surface area contributed by atoms with Gasteiger partial charge in [-0.3, -0.25) is 4.79 Å². The Balaban J connectivity index is 1.57. The number of rotatable bonds is 3. The Morgan fingerprint density at radius 1 is 1.11 bits per heavy atom. The maximum absolute atomic E-state index is 11.8. The molecule has 2 atom stereocenters. The number of ketones is 1. The molecule has 19 heavy (non-hydrogen) atoms. The summed E-state index contributed by atoms with van der Waals surface area (Å²) < 4.78 is 0. The number of carbonyl (C=O) groups excluding carboxylic acids is 1. The van der Waals surface area contributed by atoms with Crippen LogP contribution in [0.3, 0.4) is 0 Å². The van der Waals surface area contributed by atoms with Crippen molar-refractivity contribution in [3.63, 3.8) is 0 Å². The van der Waals surface area contributed by atoms with E-state index in [1.54, 1.807) is 0 Å². The minimum absolute atomic E-state index is 0.484. The molecule has 1 nitrogen and oxygen atoms in total. The van der Waals surface area contributed by atoms with Crippen molar-refractivity contribution in [3.05, 3.63) is 0 Å². The Morgan fingerprint density at radius 3 is 2.47 bits per heavy atom. The van der Waals surface area contributed by atoms with E-state index in [0.717, 1.165) is 30.6 Å². The van der Waals surface area contributed by atoms with Crippen molar-refractivity contribution in [3.8, 4) is 0 Å². The predicted octanol–water partition coefficient (Wildman–Crippen LogP) is 5.13. The van der Waals surface area contributed by atoms with Gasteiger partial charge in [-0.15, -0.1) is 0 Å². The van der Waals surface area contributed by atoms with Crippen molar-refractivity contribution >= 4 is 5.78 Å². The Kier molecular flexibility index (Phi) is 4.01. The molecular formula is C18H30O. The molecule has 0 aromatic heterocycles. The van der Waals surface area contributed by atoms with Gasteiger partial charge in [0.15, 0.2) is 0 Å². The maximum Gasteiger partial charge on any atom is 0.133 e. The van der Waals surface area contributed by atoms with Crippen LogP contribution >= 0.6 is 0 Å². The zero-order valence-electron chi connectivity index (χ0n) is 12.6. The van der Waals surface area contributed by atoms with Gasteiger partial charge in [0, 0.05) is 12.8 Å². The first-order chi connectivity index (χ1) is 9.23. The summed E-state index contributed by atoms with van der Waals surface area (Å²) in [5.41, 5.74) is 0.484.